The van der Waals surface area contributed by atoms with E-state index in [9.17, 15) is 4.79 Å². The topological polar surface area (TPSA) is 73.9 Å². The Bertz CT molecular complexity index is 249. The molecule has 0 aliphatic rings. The first kappa shape index (κ1) is 10.7. The van der Waals surface area contributed by atoms with E-state index < -0.39 is 5.97 Å². The molecule has 0 unspecified atom stereocenters. The molecule has 62 valence electrons. The van der Waals surface area contributed by atoms with Gasteiger partial charge >= 0.3 is 76.1 Å². The first-order valence-electron chi connectivity index (χ1n) is 3.06. The van der Waals surface area contributed by atoms with Crippen molar-refractivity contribution in [3.8, 4) is 11.0 Å². The van der Waals surface area contributed by atoms with Crippen LogP contribution in [0.4, 0.5) is 0 Å². The second-order valence-electron chi connectivity index (χ2n) is 1.59. The summed E-state index contributed by atoms with van der Waals surface area (Å²) in [7, 11) is 0. The molecule has 0 amide bonds. The Hall–Kier alpha value is -1.29. The predicted molar refractivity (Wildman–Crippen MR) is 41.7 cm³/mol. The van der Waals surface area contributed by atoms with E-state index in [-0.39, 0.29) is 28.0 Å². The van der Waals surface area contributed by atoms with Crippen molar-refractivity contribution >= 4 is 20.9 Å². The molecule has 0 rings (SSSR count). The maximum absolute atomic E-state index is 10.7. The monoisotopic (exact) mass is 230 g/mol. The molecule has 0 aromatic rings. The summed E-state index contributed by atoms with van der Waals surface area (Å²) in [6, 6.07) is 1.84. The van der Waals surface area contributed by atoms with E-state index in [1.54, 1.807) is 0 Å². The van der Waals surface area contributed by atoms with Crippen molar-refractivity contribution in [1.82, 2.24) is 0 Å². The van der Waals surface area contributed by atoms with E-state index in [1.807, 2.05) is 11.0 Å². The van der Waals surface area contributed by atoms with Crippen LogP contribution < -0.4 is 0 Å². The van der Waals surface area contributed by atoms with E-state index in [2.05, 4.69) is 4.74 Å². The Morgan fingerprint density at radius 1 is 1.58 bits per heavy atom. The molecule has 0 aliphatic heterocycles. The Balaban J connectivity index is 3.49. The minimum absolute atomic E-state index is 0.110. The second kappa shape index (κ2) is 7.81. The van der Waals surface area contributed by atoms with Crippen LogP contribution in [0.5, 0.6) is 0 Å². The number of ether oxygens (including phenoxy) is 1. The zero-order valence-electron chi connectivity index (χ0n) is 6.19. The third-order valence-corrected chi connectivity index (χ3v) is 1.58. The average Bonchev–Trinajstić information content (AvgIpc) is 2.06. The van der Waals surface area contributed by atoms with Gasteiger partial charge in [-0.1, -0.05) is 0 Å². The van der Waals surface area contributed by atoms with Crippen LogP contribution in [-0.2, 0) is 9.53 Å². The normalized spacial score (nSPS) is 8.83. The second-order valence-corrected chi connectivity index (χ2v) is 3.04. The van der Waals surface area contributed by atoms with Crippen LogP contribution in [0.15, 0.2) is 11.1 Å². The molecule has 0 aliphatic carbocycles. The van der Waals surface area contributed by atoms with Gasteiger partial charge in [-0.05, 0) is 0 Å². The van der Waals surface area contributed by atoms with Crippen molar-refractivity contribution in [1.29, 1.82) is 10.5 Å². The third kappa shape index (κ3) is 6.82. The molecule has 0 saturated heterocycles. The van der Waals surface area contributed by atoms with Crippen LogP contribution in [0.2, 0.25) is 0 Å². The van der Waals surface area contributed by atoms with Gasteiger partial charge in [0.15, 0.2) is 0 Å². The van der Waals surface area contributed by atoms with Crippen molar-refractivity contribution in [2.75, 3.05) is 6.61 Å². The number of esters is 1. The van der Waals surface area contributed by atoms with Crippen molar-refractivity contribution in [3.63, 3.8) is 0 Å². The Kier molecular flexibility index (Phi) is 6.97. The zero-order valence-corrected chi connectivity index (χ0v) is 7.90. The first-order chi connectivity index (χ1) is 5.81. The molecule has 0 spiro atoms. The minimum atomic E-state index is -0.498. The van der Waals surface area contributed by atoms with Gasteiger partial charge < -0.3 is 0 Å². The Labute approximate surface area is 76.6 Å². The summed E-state index contributed by atoms with van der Waals surface area (Å²) < 4.78 is 4.58. The van der Waals surface area contributed by atoms with Crippen LogP contribution in [0.25, 0.3) is 0 Å². The molecule has 0 heterocycles. The molecule has 0 bridgehead atoms. The third-order valence-electron chi connectivity index (χ3n) is 0.783. The van der Waals surface area contributed by atoms with Crippen LogP contribution in [-0.4, -0.2) is 27.5 Å². The first-order valence-corrected chi connectivity index (χ1v) is 4.91. The van der Waals surface area contributed by atoms with Gasteiger partial charge in [0.25, 0.3) is 0 Å². The summed E-state index contributed by atoms with van der Waals surface area (Å²) in [4.78, 5) is 14.1. The number of carbonyl (C=O) groups excluding carboxylic acids is 1. The summed E-state index contributed by atoms with van der Waals surface area (Å²) in [6.07, 6.45) is 1.41. The quantitative estimate of drug-likeness (QED) is 0.297. The van der Waals surface area contributed by atoms with E-state index in [4.69, 9.17) is 10.5 Å². The fourth-order valence-electron chi connectivity index (χ4n) is 0.365. The SMILES string of the molecule is N#CCCOC(=O)/C=C\[Se]C#N. The van der Waals surface area contributed by atoms with Crippen molar-refractivity contribution < 1.29 is 9.53 Å². The number of carbonyl (C=O) groups is 1. The molecule has 5 heteroatoms. The molecule has 0 fully saturated rings. The van der Waals surface area contributed by atoms with Crippen LogP contribution in [0.3, 0.4) is 0 Å². The van der Waals surface area contributed by atoms with E-state index in [1.165, 1.54) is 11.1 Å². The van der Waals surface area contributed by atoms with Gasteiger partial charge in [0.2, 0.25) is 0 Å². The van der Waals surface area contributed by atoms with E-state index >= 15 is 0 Å². The molecule has 0 saturated carbocycles. The molecule has 0 N–H and O–H groups in total. The van der Waals surface area contributed by atoms with E-state index in [0.29, 0.717) is 0 Å². The van der Waals surface area contributed by atoms with Crippen LogP contribution in [0, 0.1) is 21.6 Å². The van der Waals surface area contributed by atoms with Gasteiger partial charge in [0.1, 0.15) is 0 Å². The fourth-order valence-corrected chi connectivity index (χ4v) is 0.869. The summed E-state index contributed by atoms with van der Waals surface area (Å²) in [5.74, 6) is -0.498. The number of nitriles is 2. The molecule has 0 radical (unpaired) electrons. The molecule has 0 atom stereocenters. The zero-order chi connectivity index (χ0) is 9.23. The van der Waals surface area contributed by atoms with Crippen molar-refractivity contribution in [3.05, 3.63) is 11.1 Å². The van der Waals surface area contributed by atoms with Gasteiger partial charge in [-0.15, -0.1) is 0 Å². The number of rotatable bonds is 4. The van der Waals surface area contributed by atoms with Gasteiger partial charge in [0, 0.05) is 0 Å². The maximum atomic E-state index is 10.7. The number of nitrogens with zero attached hydrogens (tertiary/aromatic N) is 2. The number of hydrogen-bond donors (Lipinski definition) is 0. The summed E-state index contributed by atoms with van der Waals surface area (Å²) in [5, 5.41) is 16.2. The summed E-state index contributed by atoms with van der Waals surface area (Å²) >= 11 is -0.297. The molecule has 0 aromatic carbocycles. The molecule has 0 aromatic heterocycles. The van der Waals surface area contributed by atoms with Crippen molar-refractivity contribution in [2.24, 2.45) is 0 Å². The molecular weight excluding hydrogens is 223 g/mol. The van der Waals surface area contributed by atoms with Gasteiger partial charge in [-0.25, -0.2) is 0 Å². The molecule has 4 nitrogen and oxygen atoms in total. The Morgan fingerprint density at radius 3 is 2.92 bits per heavy atom. The van der Waals surface area contributed by atoms with E-state index in [0.717, 1.165) is 0 Å². The van der Waals surface area contributed by atoms with Gasteiger partial charge in [0.05, 0.1) is 0 Å². The average molecular weight is 229 g/mol. The van der Waals surface area contributed by atoms with Gasteiger partial charge in [-0.3, -0.25) is 0 Å². The van der Waals surface area contributed by atoms with Crippen LogP contribution >= 0.6 is 0 Å². The number of hydrogen-bond acceptors (Lipinski definition) is 4. The fraction of sp³-hybridized carbons (Fsp3) is 0.286. The summed E-state index contributed by atoms with van der Waals surface area (Å²) in [5.41, 5.74) is 0. The predicted octanol–water partition coefficient (Wildman–Crippen LogP) is 0.142. The van der Waals surface area contributed by atoms with Crippen LogP contribution in [0.1, 0.15) is 6.42 Å². The summed E-state index contributed by atoms with van der Waals surface area (Å²) in [6.45, 7) is 0.110. The van der Waals surface area contributed by atoms with Crippen molar-refractivity contribution in [2.45, 2.75) is 6.42 Å². The Morgan fingerprint density at radius 2 is 2.33 bits per heavy atom. The standard InChI is InChI=1S/C7H6N2O2Se/c8-3-1-4-11-7(10)2-5-12-6-9/h2,5H,1,4H2/b5-2-. The molecule has 12 heavy (non-hydrogen) atoms. The molecular formula is C7H6N2O2Se. The van der Waals surface area contributed by atoms with Gasteiger partial charge in [-0.2, -0.15) is 0 Å².